The average molecular weight is 182 g/mol. The van der Waals surface area contributed by atoms with Crippen LogP contribution in [-0.2, 0) is 9.59 Å². The molecule has 0 saturated heterocycles. The summed E-state index contributed by atoms with van der Waals surface area (Å²) in [6, 6.07) is 0. The fourth-order valence-electron chi connectivity index (χ4n) is 2.17. The van der Waals surface area contributed by atoms with Gasteiger partial charge < -0.3 is 0 Å². The van der Waals surface area contributed by atoms with Gasteiger partial charge in [-0.2, -0.15) is 0 Å². The number of rotatable bonds is 3. The Balaban J connectivity index is 2.56. The maximum atomic E-state index is 11.5. The molecule has 0 aromatic heterocycles. The maximum Gasteiger partial charge on any atom is 0.143 e. The summed E-state index contributed by atoms with van der Waals surface area (Å²) in [5.74, 6) is 0.426. The highest BCUT2D eigenvalue weighted by atomic mass is 16.2. The van der Waals surface area contributed by atoms with E-state index in [0.717, 1.165) is 12.8 Å². The van der Waals surface area contributed by atoms with Gasteiger partial charge in [-0.25, -0.2) is 0 Å². The number of ketones is 2. The van der Waals surface area contributed by atoms with Crippen LogP contribution >= 0.6 is 0 Å². The Hall–Kier alpha value is -0.660. The summed E-state index contributed by atoms with van der Waals surface area (Å²) in [5, 5.41) is 0. The smallest absolute Gasteiger partial charge is 0.143 e. The molecule has 1 aliphatic carbocycles. The van der Waals surface area contributed by atoms with Crippen LogP contribution in [0.25, 0.3) is 0 Å². The highest BCUT2D eigenvalue weighted by Crippen LogP contribution is 2.27. The van der Waals surface area contributed by atoms with Crippen molar-refractivity contribution in [2.45, 2.75) is 46.0 Å². The second-order valence-corrected chi connectivity index (χ2v) is 3.96. The molecule has 1 fully saturated rings. The zero-order valence-electron chi connectivity index (χ0n) is 8.51. The van der Waals surface area contributed by atoms with E-state index in [1.165, 1.54) is 0 Å². The lowest BCUT2D eigenvalue weighted by atomic mass is 9.77. The fourth-order valence-corrected chi connectivity index (χ4v) is 2.17. The average Bonchev–Trinajstić information content (AvgIpc) is 2.04. The standard InChI is InChI=1S/C11H18O2/c1-3-5-8-6-10(12)9(4-2)11(13)7-8/h8-9H,3-7H2,1-2H3. The SMILES string of the molecule is CCCC1CC(=O)C(CC)C(=O)C1. The van der Waals surface area contributed by atoms with Crippen molar-refractivity contribution in [2.75, 3.05) is 0 Å². The number of Topliss-reactive ketones (excluding diaryl/α,β-unsaturated/α-hetero) is 2. The highest BCUT2D eigenvalue weighted by Gasteiger charge is 2.33. The molecule has 0 spiro atoms. The molecular formula is C11H18O2. The van der Waals surface area contributed by atoms with Gasteiger partial charge in [0.2, 0.25) is 0 Å². The molecule has 2 nitrogen and oxygen atoms in total. The molecule has 0 aromatic rings. The van der Waals surface area contributed by atoms with Crippen LogP contribution < -0.4 is 0 Å². The molecule has 0 amide bonds. The van der Waals surface area contributed by atoms with Gasteiger partial charge in [-0.15, -0.1) is 0 Å². The van der Waals surface area contributed by atoms with E-state index in [-0.39, 0.29) is 17.5 Å². The second-order valence-electron chi connectivity index (χ2n) is 3.96. The molecule has 0 radical (unpaired) electrons. The first-order valence-corrected chi connectivity index (χ1v) is 5.24. The number of hydrogen-bond donors (Lipinski definition) is 0. The van der Waals surface area contributed by atoms with Crippen molar-refractivity contribution < 1.29 is 9.59 Å². The minimum Gasteiger partial charge on any atom is -0.299 e. The predicted octanol–water partition coefficient (Wildman–Crippen LogP) is 2.36. The molecule has 0 atom stereocenters. The van der Waals surface area contributed by atoms with E-state index < -0.39 is 0 Å². The van der Waals surface area contributed by atoms with Crippen molar-refractivity contribution in [3.63, 3.8) is 0 Å². The molecule has 0 unspecified atom stereocenters. The summed E-state index contributed by atoms with van der Waals surface area (Å²) in [4.78, 5) is 23.0. The molecule has 0 heterocycles. The maximum absolute atomic E-state index is 11.5. The Morgan fingerprint density at radius 3 is 2.08 bits per heavy atom. The van der Waals surface area contributed by atoms with Crippen molar-refractivity contribution in [1.29, 1.82) is 0 Å². The van der Waals surface area contributed by atoms with Gasteiger partial charge in [0.05, 0.1) is 5.92 Å². The largest absolute Gasteiger partial charge is 0.299 e. The summed E-state index contributed by atoms with van der Waals surface area (Å²) < 4.78 is 0. The first-order valence-electron chi connectivity index (χ1n) is 5.24. The van der Waals surface area contributed by atoms with Gasteiger partial charge in [0.1, 0.15) is 11.6 Å². The van der Waals surface area contributed by atoms with Crippen molar-refractivity contribution >= 4 is 11.6 Å². The van der Waals surface area contributed by atoms with Gasteiger partial charge in [-0.3, -0.25) is 9.59 Å². The molecule has 1 aliphatic rings. The van der Waals surface area contributed by atoms with E-state index in [1.807, 2.05) is 6.92 Å². The Bertz CT molecular complexity index is 190. The Morgan fingerprint density at radius 1 is 1.15 bits per heavy atom. The van der Waals surface area contributed by atoms with Gasteiger partial charge >= 0.3 is 0 Å². The topological polar surface area (TPSA) is 34.1 Å². The van der Waals surface area contributed by atoms with Crippen LogP contribution in [0.2, 0.25) is 0 Å². The Morgan fingerprint density at radius 2 is 1.69 bits per heavy atom. The third kappa shape index (κ3) is 2.39. The number of hydrogen-bond acceptors (Lipinski definition) is 2. The van der Waals surface area contributed by atoms with E-state index in [4.69, 9.17) is 0 Å². The van der Waals surface area contributed by atoms with E-state index in [2.05, 4.69) is 6.92 Å². The molecule has 0 aliphatic heterocycles. The van der Waals surface area contributed by atoms with Crippen LogP contribution in [0.3, 0.4) is 0 Å². The summed E-state index contributed by atoms with van der Waals surface area (Å²) in [7, 11) is 0. The fraction of sp³-hybridized carbons (Fsp3) is 0.818. The monoisotopic (exact) mass is 182 g/mol. The zero-order valence-corrected chi connectivity index (χ0v) is 8.51. The summed E-state index contributed by atoms with van der Waals surface area (Å²) >= 11 is 0. The van der Waals surface area contributed by atoms with Crippen molar-refractivity contribution in [1.82, 2.24) is 0 Å². The first kappa shape index (κ1) is 10.4. The van der Waals surface area contributed by atoms with Gasteiger partial charge in [-0.05, 0) is 18.8 Å². The van der Waals surface area contributed by atoms with E-state index >= 15 is 0 Å². The van der Waals surface area contributed by atoms with Gasteiger partial charge in [-0.1, -0.05) is 20.3 Å². The lowest BCUT2D eigenvalue weighted by molar-refractivity contribution is -0.137. The van der Waals surface area contributed by atoms with Crippen molar-refractivity contribution in [3.8, 4) is 0 Å². The van der Waals surface area contributed by atoms with Crippen molar-refractivity contribution in [2.24, 2.45) is 11.8 Å². The lowest BCUT2D eigenvalue weighted by Crippen LogP contribution is -2.32. The van der Waals surface area contributed by atoms with Crippen LogP contribution in [0.15, 0.2) is 0 Å². The molecule has 74 valence electrons. The quantitative estimate of drug-likeness (QED) is 0.628. The van der Waals surface area contributed by atoms with Gasteiger partial charge in [0.15, 0.2) is 0 Å². The Kier molecular flexibility index (Phi) is 3.64. The molecular weight excluding hydrogens is 164 g/mol. The van der Waals surface area contributed by atoms with E-state index in [9.17, 15) is 9.59 Å². The van der Waals surface area contributed by atoms with E-state index in [1.54, 1.807) is 0 Å². The summed E-state index contributed by atoms with van der Waals surface area (Å²) in [6.07, 6.45) is 4.06. The minimum absolute atomic E-state index is 0.178. The third-order valence-electron chi connectivity index (χ3n) is 2.86. The molecule has 0 N–H and O–H groups in total. The van der Waals surface area contributed by atoms with Crippen LogP contribution in [0.1, 0.15) is 46.0 Å². The van der Waals surface area contributed by atoms with Gasteiger partial charge in [0, 0.05) is 12.8 Å². The molecule has 2 heteroatoms. The van der Waals surface area contributed by atoms with Crippen molar-refractivity contribution in [3.05, 3.63) is 0 Å². The summed E-state index contributed by atoms with van der Waals surface area (Å²) in [6.45, 7) is 4.02. The number of carbonyl (C=O) groups excluding carboxylic acids is 2. The molecule has 1 saturated carbocycles. The zero-order chi connectivity index (χ0) is 9.84. The molecule has 1 rings (SSSR count). The second kappa shape index (κ2) is 4.54. The molecule has 0 bridgehead atoms. The number of carbonyl (C=O) groups is 2. The Labute approximate surface area is 79.7 Å². The lowest BCUT2D eigenvalue weighted by Gasteiger charge is -2.25. The minimum atomic E-state index is -0.270. The first-order chi connectivity index (χ1) is 6.19. The van der Waals surface area contributed by atoms with Crippen LogP contribution in [-0.4, -0.2) is 11.6 Å². The molecule has 13 heavy (non-hydrogen) atoms. The van der Waals surface area contributed by atoms with E-state index in [0.29, 0.717) is 25.2 Å². The van der Waals surface area contributed by atoms with Crippen LogP contribution in [0, 0.1) is 11.8 Å². The molecule has 0 aromatic carbocycles. The third-order valence-corrected chi connectivity index (χ3v) is 2.86. The van der Waals surface area contributed by atoms with Crippen LogP contribution in [0.5, 0.6) is 0 Å². The van der Waals surface area contributed by atoms with Gasteiger partial charge in [0.25, 0.3) is 0 Å². The predicted molar refractivity (Wildman–Crippen MR) is 51.4 cm³/mol. The normalized spacial score (nSPS) is 29.4. The van der Waals surface area contributed by atoms with Crippen LogP contribution in [0.4, 0.5) is 0 Å². The summed E-state index contributed by atoms with van der Waals surface area (Å²) in [5.41, 5.74) is 0. The highest BCUT2D eigenvalue weighted by molar-refractivity contribution is 6.04.